The van der Waals surface area contributed by atoms with Crippen LogP contribution in [-0.4, -0.2) is 37.1 Å². The van der Waals surface area contributed by atoms with Crippen molar-refractivity contribution in [2.75, 3.05) is 25.9 Å². The molecule has 0 saturated carbocycles. The molecule has 0 aliphatic carbocycles. The molecule has 0 aromatic heterocycles. The molecule has 3 nitrogen and oxygen atoms in total. The third-order valence-electron chi connectivity index (χ3n) is 1.63. The molecule has 1 aliphatic rings. The monoisotopic (exact) mass is 173 g/mol. The Labute approximate surface area is 72.0 Å². The molecule has 1 unspecified atom stereocenters. The molecule has 1 aliphatic heterocycles. The zero-order valence-corrected chi connectivity index (χ0v) is 7.87. The molecule has 0 bridgehead atoms. The van der Waals surface area contributed by atoms with Crippen LogP contribution in [0.3, 0.4) is 0 Å². The third-order valence-corrected chi connectivity index (χ3v) is 2.60. The van der Waals surface area contributed by atoms with Crippen LogP contribution in [0.4, 0.5) is 0 Å². The van der Waals surface area contributed by atoms with Crippen molar-refractivity contribution >= 4 is 17.7 Å². The number of guanidine groups is 1. The lowest BCUT2D eigenvalue weighted by atomic mass is 10.5. The summed E-state index contributed by atoms with van der Waals surface area (Å²) in [6.07, 6.45) is 2.12. The normalized spacial score (nSPS) is 18.9. The van der Waals surface area contributed by atoms with E-state index in [2.05, 4.69) is 28.8 Å². The van der Waals surface area contributed by atoms with Gasteiger partial charge in [-0.1, -0.05) is 6.92 Å². The van der Waals surface area contributed by atoms with Crippen molar-refractivity contribution in [2.24, 2.45) is 4.99 Å². The molecule has 64 valence electrons. The van der Waals surface area contributed by atoms with Crippen molar-refractivity contribution in [3.05, 3.63) is 0 Å². The van der Waals surface area contributed by atoms with Crippen LogP contribution in [0, 0.1) is 0 Å². The van der Waals surface area contributed by atoms with E-state index >= 15 is 0 Å². The van der Waals surface area contributed by atoms with Crippen molar-refractivity contribution < 1.29 is 0 Å². The number of nitrogens with zero attached hydrogens (tertiary/aromatic N) is 1. The van der Waals surface area contributed by atoms with E-state index < -0.39 is 0 Å². The summed E-state index contributed by atoms with van der Waals surface area (Å²) >= 11 is 1.86. The Morgan fingerprint density at radius 2 is 2.64 bits per heavy atom. The summed E-state index contributed by atoms with van der Waals surface area (Å²) in [7, 11) is 0. The van der Waals surface area contributed by atoms with E-state index in [1.165, 1.54) is 0 Å². The summed E-state index contributed by atoms with van der Waals surface area (Å²) in [5, 5.41) is 7.07. The third kappa shape index (κ3) is 3.01. The Hall–Kier alpha value is -0.380. The summed E-state index contributed by atoms with van der Waals surface area (Å²) in [5.41, 5.74) is 0. The zero-order valence-electron chi connectivity index (χ0n) is 7.05. The molecule has 0 aromatic carbocycles. The Kier molecular flexibility index (Phi) is 3.56. The van der Waals surface area contributed by atoms with Gasteiger partial charge in [-0.15, -0.1) is 0 Å². The average Bonchev–Trinajstić information content (AvgIpc) is 2.52. The van der Waals surface area contributed by atoms with Crippen LogP contribution in [0.2, 0.25) is 0 Å². The van der Waals surface area contributed by atoms with Gasteiger partial charge in [0.1, 0.15) is 0 Å². The van der Waals surface area contributed by atoms with Gasteiger partial charge in [-0.25, -0.2) is 0 Å². The molecule has 0 spiro atoms. The van der Waals surface area contributed by atoms with Gasteiger partial charge in [-0.2, -0.15) is 11.8 Å². The largest absolute Gasteiger partial charge is 0.355 e. The molecule has 0 amide bonds. The van der Waals surface area contributed by atoms with Crippen molar-refractivity contribution in [3.63, 3.8) is 0 Å². The lowest BCUT2D eigenvalue weighted by Gasteiger charge is -2.10. The molecular formula is C7H15N3S. The summed E-state index contributed by atoms with van der Waals surface area (Å²) in [4.78, 5) is 4.23. The van der Waals surface area contributed by atoms with E-state index in [4.69, 9.17) is 0 Å². The minimum atomic E-state index is 0.653. The van der Waals surface area contributed by atoms with Crippen LogP contribution < -0.4 is 10.6 Å². The Morgan fingerprint density at radius 3 is 3.18 bits per heavy atom. The minimum absolute atomic E-state index is 0.653. The Morgan fingerprint density at radius 1 is 1.82 bits per heavy atom. The predicted molar refractivity (Wildman–Crippen MR) is 51.3 cm³/mol. The van der Waals surface area contributed by atoms with Gasteiger partial charge in [0, 0.05) is 18.3 Å². The van der Waals surface area contributed by atoms with Crippen molar-refractivity contribution in [2.45, 2.75) is 12.2 Å². The highest BCUT2D eigenvalue weighted by atomic mass is 32.2. The van der Waals surface area contributed by atoms with Gasteiger partial charge >= 0.3 is 0 Å². The van der Waals surface area contributed by atoms with Crippen LogP contribution in [-0.2, 0) is 0 Å². The molecule has 0 fully saturated rings. The highest BCUT2D eigenvalue weighted by Crippen LogP contribution is 2.02. The maximum atomic E-state index is 4.23. The molecule has 1 heterocycles. The maximum Gasteiger partial charge on any atom is 0.191 e. The first-order chi connectivity index (χ1) is 5.33. The molecule has 0 saturated heterocycles. The van der Waals surface area contributed by atoms with Gasteiger partial charge < -0.3 is 10.6 Å². The SMILES string of the molecule is CSC(C)CNC1=NCCN1. The molecule has 11 heavy (non-hydrogen) atoms. The fourth-order valence-corrected chi connectivity index (χ4v) is 1.09. The first kappa shape index (κ1) is 8.71. The van der Waals surface area contributed by atoms with E-state index in [9.17, 15) is 0 Å². The van der Waals surface area contributed by atoms with Gasteiger partial charge in [-0.3, -0.25) is 4.99 Å². The van der Waals surface area contributed by atoms with Crippen molar-refractivity contribution in [3.8, 4) is 0 Å². The first-order valence-electron chi connectivity index (χ1n) is 3.88. The summed E-state index contributed by atoms with van der Waals surface area (Å²) in [6, 6.07) is 0. The van der Waals surface area contributed by atoms with E-state index in [-0.39, 0.29) is 0 Å². The standard InChI is InChI=1S/C7H15N3S/c1-6(11-2)5-10-7-8-3-4-9-7/h6H,3-5H2,1-2H3,(H2,8,9,10). The smallest absolute Gasteiger partial charge is 0.191 e. The number of aliphatic imine (C=N–C) groups is 1. The van der Waals surface area contributed by atoms with Gasteiger partial charge in [0.05, 0.1) is 6.54 Å². The predicted octanol–water partition coefficient (Wildman–Crippen LogP) is 0.287. The number of rotatable bonds is 3. The highest BCUT2D eigenvalue weighted by Gasteiger charge is 2.04. The molecule has 1 rings (SSSR count). The molecule has 0 aromatic rings. The fourth-order valence-electron chi connectivity index (χ4n) is 0.840. The number of thioether (sulfide) groups is 1. The highest BCUT2D eigenvalue weighted by molar-refractivity contribution is 7.99. The number of hydrogen-bond acceptors (Lipinski definition) is 4. The Bertz CT molecular complexity index is 147. The van der Waals surface area contributed by atoms with E-state index in [1.807, 2.05) is 11.8 Å². The summed E-state index contributed by atoms with van der Waals surface area (Å²) < 4.78 is 0. The first-order valence-corrected chi connectivity index (χ1v) is 5.16. The molecule has 0 radical (unpaired) electrons. The average molecular weight is 173 g/mol. The van der Waals surface area contributed by atoms with Gasteiger partial charge in [0.15, 0.2) is 5.96 Å². The second-order valence-corrected chi connectivity index (χ2v) is 3.86. The van der Waals surface area contributed by atoms with Crippen LogP contribution in [0.25, 0.3) is 0 Å². The lowest BCUT2D eigenvalue weighted by Crippen LogP contribution is -2.37. The van der Waals surface area contributed by atoms with E-state index in [0.29, 0.717) is 5.25 Å². The molecule has 2 N–H and O–H groups in total. The van der Waals surface area contributed by atoms with Gasteiger partial charge in [0.25, 0.3) is 0 Å². The molecule has 4 heteroatoms. The molecule has 1 atom stereocenters. The maximum absolute atomic E-state index is 4.23. The van der Waals surface area contributed by atoms with Crippen molar-refractivity contribution in [1.82, 2.24) is 10.6 Å². The quantitative estimate of drug-likeness (QED) is 0.644. The topological polar surface area (TPSA) is 36.4 Å². The van der Waals surface area contributed by atoms with E-state index in [1.54, 1.807) is 0 Å². The van der Waals surface area contributed by atoms with Gasteiger partial charge in [0.2, 0.25) is 0 Å². The summed E-state index contributed by atoms with van der Waals surface area (Å²) in [6.45, 7) is 5.09. The second-order valence-electron chi connectivity index (χ2n) is 2.58. The molecular weight excluding hydrogens is 158 g/mol. The minimum Gasteiger partial charge on any atom is -0.355 e. The fraction of sp³-hybridized carbons (Fsp3) is 0.857. The second kappa shape index (κ2) is 4.49. The van der Waals surface area contributed by atoms with Crippen molar-refractivity contribution in [1.29, 1.82) is 0 Å². The number of nitrogens with one attached hydrogen (secondary N) is 2. The van der Waals surface area contributed by atoms with Crippen LogP contribution >= 0.6 is 11.8 Å². The number of hydrogen-bond donors (Lipinski definition) is 2. The van der Waals surface area contributed by atoms with Crippen LogP contribution in [0.1, 0.15) is 6.92 Å². The van der Waals surface area contributed by atoms with E-state index in [0.717, 1.165) is 25.6 Å². The summed E-state index contributed by atoms with van der Waals surface area (Å²) in [5.74, 6) is 0.964. The zero-order chi connectivity index (χ0) is 8.10. The van der Waals surface area contributed by atoms with Crippen LogP contribution in [0.15, 0.2) is 4.99 Å². The van der Waals surface area contributed by atoms with Crippen LogP contribution in [0.5, 0.6) is 0 Å². The Balaban J connectivity index is 2.11. The van der Waals surface area contributed by atoms with Gasteiger partial charge in [-0.05, 0) is 6.26 Å². The lowest BCUT2D eigenvalue weighted by molar-refractivity contribution is 0.831.